The van der Waals surface area contributed by atoms with Crippen LogP contribution in [0.15, 0.2) is 34.1 Å². The number of thiophene rings is 1. The first-order chi connectivity index (χ1) is 10.8. The number of aryl methyl sites for hydroxylation is 1. The number of furan rings is 1. The van der Waals surface area contributed by atoms with Crippen LogP contribution in [-0.4, -0.2) is 34.6 Å². The highest BCUT2D eigenvalue weighted by atomic mass is 32.1. The van der Waals surface area contributed by atoms with E-state index in [1.54, 1.807) is 23.2 Å². The van der Waals surface area contributed by atoms with Crippen LogP contribution < -0.4 is 0 Å². The molecule has 2 aromatic heterocycles. The average molecular weight is 333 g/mol. The molecule has 0 spiro atoms. The van der Waals surface area contributed by atoms with E-state index in [1.165, 1.54) is 0 Å². The van der Waals surface area contributed by atoms with Crippen molar-refractivity contribution in [2.24, 2.45) is 5.41 Å². The minimum Gasteiger partial charge on any atom is -0.460 e. The van der Waals surface area contributed by atoms with E-state index < -0.39 is 5.60 Å². The van der Waals surface area contributed by atoms with Crippen molar-refractivity contribution in [1.82, 2.24) is 4.90 Å². The Balaban J connectivity index is 1.58. The van der Waals surface area contributed by atoms with Crippen LogP contribution in [-0.2, 0) is 11.2 Å². The molecular weight excluding hydrogens is 310 g/mol. The fourth-order valence-corrected chi connectivity index (χ4v) is 3.60. The topological polar surface area (TPSA) is 53.7 Å². The predicted octanol–water partition coefficient (Wildman–Crippen LogP) is 3.56. The highest BCUT2D eigenvalue weighted by Gasteiger charge is 2.48. The Morgan fingerprint density at radius 2 is 2.09 bits per heavy atom. The van der Waals surface area contributed by atoms with Crippen molar-refractivity contribution >= 4 is 17.2 Å². The molecule has 1 fully saturated rings. The fraction of sp³-hybridized carbons (Fsp3) is 0.500. The molecule has 0 aliphatic carbocycles. The second-order valence-electron chi connectivity index (χ2n) is 7.15. The van der Waals surface area contributed by atoms with Gasteiger partial charge in [-0.25, -0.2) is 0 Å². The Morgan fingerprint density at radius 3 is 2.70 bits per heavy atom. The lowest BCUT2D eigenvalue weighted by molar-refractivity contribution is -0.131. The van der Waals surface area contributed by atoms with Crippen LogP contribution in [0.25, 0.3) is 10.6 Å². The maximum Gasteiger partial charge on any atom is 0.223 e. The average Bonchev–Trinajstić information content (AvgIpc) is 3.16. The third-order valence-corrected chi connectivity index (χ3v) is 5.79. The summed E-state index contributed by atoms with van der Waals surface area (Å²) in [6.07, 6.45) is 0.993. The summed E-state index contributed by atoms with van der Waals surface area (Å²) in [6.45, 7) is 6.80. The third-order valence-electron chi connectivity index (χ3n) is 4.91. The van der Waals surface area contributed by atoms with Crippen molar-refractivity contribution in [1.29, 1.82) is 0 Å². The molecule has 1 N–H and O–H groups in total. The number of carbonyl (C=O) groups excluding carboxylic acids is 1. The van der Waals surface area contributed by atoms with Gasteiger partial charge >= 0.3 is 0 Å². The number of hydrogen-bond acceptors (Lipinski definition) is 4. The fourth-order valence-electron chi connectivity index (χ4n) is 2.92. The molecule has 3 rings (SSSR count). The van der Waals surface area contributed by atoms with E-state index in [-0.39, 0.29) is 11.3 Å². The SMILES string of the molecule is CC1(C)CN(C(=O)CCc2ccc(-c3cccs3)o2)C[C@@]1(C)O. The molecule has 0 radical (unpaired) electrons. The molecule has 1 aliphatic heterocycles. The third kappa shape index (κ3) is 3.21. The molecule has 5 heteroatoms. The molecular formula is C18H23NO3S. The minimum absolute atomic E-state index is 0.0740. The molecule has 1 amide bonds. The number of hydrogen-bond donors (Lipinski definition) is 1. The lowest BCUT2D eigenvalue weighted by Crippen LogP contribution is -2.40. The highest BCUT2D eigenvalue weighted by Crippen LogP contribution is 2.38. The van der Waals surface area contributed by atoms with Gasteiger partial charge in [0.05, 0.1) is 10.5 Å². The Kier molecular flexibility index (Phi) is 4.10. The van der Waals surface area contributed by atoms with Crippen LogP contribution in [0.3, 0.4) is 0 Å². The predicted molar refractivity (Wildman–Crippen MR) is 91.3 cm³/mol. The Morgan fingerprint density at radius 1 is 1.30 bits per heavy atom. The summed E-state index contributed by atoms with van der Waals surface area (Å²) in [4.78, 5) is 15.3. The lowest BCUT2D eigenvalue weighted by atomic mass is 9.79. The maximum absolute atomic E-state index is 12.4. The number of amides is 1. The van der Waals surface area contributed by atoms with Gasteiger partial charge in [0.15, 0.2) is 0 Å². The van der Waals surface area contributed by atoms with Gasteiger partial charge in [-0.3, -0.25) is 4.79 Å². The number of aliphatic hydroxyl groups is 1. The Labute approximate surface area is 140 Å². The summed E-state index contributed by atoms with van der Waals surface area (Å²) in [5.74, 6) is 1.75. The van der Waals surface area contributed by atoms with E-state index in [9.17, 15) is 9.90 Å². The molecule has 0 unspecified atom stereocenters. The van der Waals surface area contributed by atoms with Gasteiger partial charge in [0, 0.05) is 31.3 Å². The van der Waals surface area contributed by atoms with E-state index in [4.69, 9.17) is 4.42 Å². The Hall–Kier alpha value is -1.59. The number of rotatable bonds is 4. The van der Waals surface area contributed by atoms with Gasteiger partial charge in [-0.1, -0.05) is 19.9 Å². The monoisotopic (exact) mass is 333 g/mol. The van der Waals surface area contributed by atoms with E-state index in [0.29, 0.717) is 25.9 Å². The maximum atomic E-state index is 12.4. The molecule has 1 atom stereocenters. The first-order valence-electron chi connectivity index (χ1n) is 7.91. The zero-order valence-corrected chi connectivity index (χ0v) is 14.7. The normalized spacial score (nSPS) is 23.4. The zero-order valence-electron chi connectivity index (χ0n) is 13.8. The number of β-amino-alcohol motifs (C(OH)–C–C–N with tert-alkyl or cyclic N) is 1. The highest BCUT2D eigenvalue weighted by molar-refractivity contribution is 7.13. The van der Waals surface area contributed by atoms with Crippen LogP contribution in [0.5, 0.6) is 0 Å². The van der Waals surface area contributed by atoms with Gasteiger partial charge in [0.1, 0.15) is 11.5 Å². The summed E-state index contributed by atoms with van der Waals surface area (Å²) >= 11 is 1.64. The van der Waals surface area contributed by atoms with Gasteiger partial charge in [-0.2, -0.15) is 0 Å². The van der Waals surface area contributed by atoms with Crippen LogP contribution >= 0.6 is 11.3 Å². The molecule has 1 saturated heterocycles. The first-order valence-corrected chi connectivity index (χ1v) is 8.79. The van der Waals surface area contributed by atoms with E-state index in [0.717, 1.165) is 16.4 Å². The van der Waals surface area contributed by atoms with E-state index in [2.05, 4.69) is 0 Å². The zero-order chi connectivity index (χ0) is 16.7. The van der Waals surface area contributed by atoms with Crippen molar-refractivity contribution in [2.45, 2.75) is 39.2 Å². The van der Waals surface area contributed by atoms with Gasteiger partial charge in [0.25, 0.3) is 0 Å². The second-order valence-corrected chi connectivity index (χ2v) is 8.10. The van der Waals surface area contributed by atoms with Crippen molar-refractivity contribution in [3.8, 4) is 10.6 Å². The van der Waals surface area contributed by atoms with Gasteiger partial charge in [-0.05, 0) is 30.5 Å². The molecule has 1 aliphatic rings. The molecule has 124 valence electrons. The first kappa shape index (κ1) is 16.3. The van der Waals surface area contributed by atoms with Crippen molar-refractivity contribution in [2.75, 3.05) is 13.1 Å². The summed E-state index contributed by atoms with van der Waals surface area (Å²) < 4.78 is 5.81. The summed E-state index contributed by atoms with van der Waals surface area (Å²) in [6, 6.07) is 7.90. The quantitative estimate of drug-likeness (QED) is 0.931. The smallest absolute Gasteiger partial charge is 0.223 e. The van der Waals surface area contributed by atoms with E-state index >= 15 is 0 Å². The second kappa shape index (κ2) is 5.80. The van der Waals surface area contributed by atoms with Gasteiger partial charge in [-0.15, -0.1) is 11.3 Å². The molecule has 3 heterocycles. The molecule has 0 saturated carbocycles. The minimum atomic E-state index is -0.834. The summed E-state index contributed by atoms with van der Waals surface area (Å²) in [5, 5.41) is 12.4. The molecule has 4 nitrogen and oxygen atoms in total. The van der Waals surface area contributed by atoms with Crippen molar-refractivity contribution < 1.29 is 14.3 Å². The largest absolute Gasteiger partial charge is 0.460 e. The van der Waals surface area contributed by atoms with Crippen molar-refractivity contribution in [3.05, 3.63) is 35.4 Å². The Bertz CT molecular complexity index is 669. The number of likely N-dealkylation sites (tertiary alicyclic amines) is 1. The summed E-state index contributed by atoms with van der Waals surface area (Å²) in [7, 11) is 0. The van der Waals surface area contributed by atoms with Gasteiger partial charge in [0.2, 0.25) is 5.91 Å². The number of nitrogens with zero attached hydrogens (tertiary/aromatic N) is 1. The van der Waals surface area contributed by atoms with Crippen LogP contribution in [0.4, 0.5) is 0 Å². The van der Waals surface area contributed by atoms with E-state index in [1.807, 2.05) is 43.5 Å². The van der Waals surface area contributed by atoms with Crippen LogP contribution in [0.2, 0.25) is 0 Å². The lowest BCUT2D eigenvalue weighted by Gasteiger charge is -2.30. The number of carbonyl (C=O) groups is 1. The molecule has 0 bridgehead atoms. The standard InChI is InChI=1S/C18H23NO3S/c1-17(2)11-19(12-18(17,3)21)16(20)9-7-13-6-8-14(22-13)15-5-4-10-23-15/h4-6,8,10,21H,7,9,11-12H2,1-3H3/t18-/m1/s1. The van der Waals surface area contributed by atoms with Crippen molar-refractivity contribution in [3.63, 3.8) is 0 Å². The molecule has 0 aromatic carbocycles. The van der Waals surface area contributed by atoms with Crippen LogP contribution in [0.1, 0.15) is 33.0 Å². The van der Waals surface area contributed by atoms with Gasteiger partial charge < -0.3 is 14.4 Å². The summed E-state index contributed by atoms with van der Waals surface area (Å²) in [5.41, 5.74) is -1.11. The molecule has 2 aromatic rings. The van der Waals surface area contributed by atoms with Crippen LogP contribution in [0, 0.1) is 5.41 Å². The molecule has 23 heavy (non-hydrogen) atoms.